The van der Waals surface area contributed by atoms with Crippen LogP contribution in [0.1, 0.15) is 23.7 Å². The van der Waals surface area contributed by atoms with Gasteiger partial charge in [0, 0.05) is 13.1 Å². The molecule has 0 atom stereocenters. The first-order valence-corrected chi connectivity index (χ1v) is 6.73. The van der Waals surface area contributed by atoms with E-state index < -0.39 is 5.97 Å². The largest absolute Gasteiger partial charge is 0.465 e. The van der Waals surface area contributed by atoms with Crippen LogP contribution >= 0.6 is 0 Å². The minimum absolute atomic E-state index is 0.338. The molecule has 0 radical (unpaired) electrons. The highest BCUT2D eigenvalue weighted by atomic mass is 16.5. The summed E-state index contributed by atoms with van der Waals surface area (Å²) in [5, 5.41) is 0. The lowest BCUT2D eigenvalue weighted by Crippen LogP contribution is -2.28. The van der Waals surface area contributed by atoms with Gasteiger partial charge in [0.1, 0.15) is 5.82 Å². The number of hydrogen-bond donors (Lipinski definition) is 1. The van der Waals surface area contributed by atoms with Crippen LogP contribution in [0.15, 0.2) is 12.3 Å². The van der Waals surface area contributed by atoms with Crippen LogP contribution in [-0.4, -0.2) is 56.7 Å². The summed E-state index contributed by atoms with van der Waals surface area (Å²) in [6.07, 6.45) is 2.54. The SMILES string of the molecule is CCN(CCCN(C)C)c1cc(C(=O)OC)c(N)cn1. The number of nitrogen functional groups attached to an aromatic ring is 1. The molecule has 6 heteroatoms. The van der Waals surface area contributed by atoms with Crippen LogP contribution in [0.4, 0.5) is 11.5 Å². The van der Waals surface area contributed by atoms with Gasteiger partial charge in [0.05, 0.1) is 24.6 Å². The number of carbonyl (C=O) groups excluding carboxylic acids is 1. The van der Waals surface area contributed by atoms with E-state index in [4.69, 9.17) is 10.5 Å². The van der Waals surface area contributed by atoms with E-state index in [1.807, 2.05) is 14.1 Å². The molecule has 1 aromatic heterocycles. The van der Waals surface area contributed by atoms with E-state index in [1.54, 1.807) is 6.07 Å². The Morgan fingerprint density at radius 2 is 2.10 bits per heavy atom. The Balaban J connectivity index is 2.84. The molecular formula is C14H24N4O2. The Morgan fingerprint density at radius 1 is 1.40 bits per heavy atom. The first-order chi connectivity index (χ1) is 9.49. The summed E-state index contributed by atoms with van der Waals surface area (Å²) in [5.74, 6) is 0.316. The maximum atomic E-state index is 11.6. The first-order valence-electron chi connectivity index (χ1n) is 6.73. The van der Waals surface area contributed by atoms with E-state index in [1.165, 1.54) is 13.3 Å². The fourth-order valence-electron chi connectivity index (χ4n) is 1.93. The minimum atomic E-state index is -0.435. The molecule has 1 aromatic rings. The van der Waals surface area contributed by atoms with Gasteiger partial charge in [-0.3, -0.25) is 0 Å². The average Bonchev–Trinajstić information content (AvgIpc) is 2.43. The lowest BCUT2D eigenvalue weighted by Gasteiger charge is -2.23. The molecule has 6 nitrogen and oxygen atoms in total. The van der Waals surface area contributed by atoms with Crippen molar-refractivity contribution in [1.82, 2.24) is 9.88 Å². The summed E-state index contributed by atoms with van der Waals surface area (Å²) in [7, 11) is 5.44. The van der Waals surface area contributed by atoms with Crippen molar-refractivity contribution in [2.75, 3.05) is 51.5 Å². The minimum Gasteiger partial charge on any atom is -0.465 e. The van der Waals surface area contributed by atoms with Crippen molar-refractivity contribution in [2.45, 2.75) is 13.3 Å². The molecule has 1 rings (SSSR count). The van der Waals surface area contributed by atoms with Gasteiger partial charge < -0.3 is 20.3 Å². The third kappa shape index (κ3) is 4.38. The van der Waals surface area contributed by atoms with Gasteiger partial charge in [-0.25, -0.2) is 9.78 Å². The van der Waals surface area contributed by atoms with Gasteiger partial charge in [-0.15, -0.1) is 0 Å². The molecule has 0 spiro atoms. The van der Waals surface area contributed by atoms with E-state index >= 15 is 0 Å². The van der Waals surface area contributed by atoms with Crippen LogP contribution in [0.2, 0.25) is 0 Å². The van der Waals surface area contributed by atoms with Crippen molar-refractivity contribution in [3.8, 4) is 0 Å². The lowest BCUT2D eigenvalue weighted by atomic mass is 10.2. The van der Waals surface area contributed by atoms with E-state index in [9.17, 15) is 4.79 Å². The monoisotopic (exact) mass is 280 g/mol. The highest BCUT2D eigenvalue weighted by Gasteiger charge is 2.14. The highest BCUT2D eigenvalue weighted by Crippen LogP contribution is 2.19. The van der Waals surface area contributed by atoms with Gasteiger partial charge in [-0.05, 0) is 40.1 Å². The Hall–Kier alpha value is -1.82. The van der Waals surface area contributed by atoms with Gasteiger partial charge in [-0.1, -0.05) is 0 Å². The van der Waals surface area contributed by atoms with Gasteiger partial charge in [-0.2, -0.15) is 0 Å². The van der Waals surface area contributed by atoms with Crippen molar-refractivity contribution in [3.05, 3.63) is 17.8 Å². The normalized spacial score (nSPS) is 10.7. The quantitative estimate of drug-likeness (QED) is 0.757. The number of nitrogens with two attached hydrogens (primary N) is 1. The van der Waals surface area contributed by atoms with Gasteiger partial charge >= 0.3 is 5.97 Å². The second-order valence-electron chi connectivity index (χ2n) is 4.86. The van der Waals surface area contributed by atoms with Crippen LogP contribution in [0, 0.1) is 0 Å². The topological polar surface area (TPSA) is 71.7 Å². The molecule has 0 saturated heterocycles. The number of nitrogens with zero attached hydrogens (tertiary/aromatic N) is 3. The Kier molecular flexibility index (Phi) is 6.24. The predicted molar refractivity (Wildman–Crippen MR) is 81.0 cm³/mol. The second kappa shape index (κ2) is 7.69. The zero-order chi connectivity index (χ0) is 15.1. The number of ether oxygens (including phenoxy) is 1. The molecule has 0 saturated carbocycles. The molecule has 0 aliphatic carbocycles. The molecule has 112 valence electrons. The standard InChI is InChI=1S/C14H24N4O2/c1-5-18(8-6-7-17(2)3)13-9-11(14(19)20-4)12(15)10-16-13/h9-10H,5-8,15H2,1-4H3. The average molecular weight is 280 g/mol. The van der Waals surface area contributed by atoms with E-state index in [0.29, 0.717) is 11.3 Å². The van der Waals surface area contributed by atoms with E-state index in [2.05, 4.69) is 21.7 Å². The number of methoxy groups -OCH3 is 1. The van der Waals surface area contributed by atoms with Gasteiger partial charge in [0.25, 0.3) is 0 Å². The number of hydrogen-bond acceptors (Lipinski definition) is 6. The number of pyridine rings is 1. The first kappa shape index (κ1) is 16.2. The van der Waals surface area contributed by atoms with E-state index in [-0.39, 0.29) is 0 Å². The molecule has 0 fully saturated rings. The van der Waals surface area contributed by atoms with Crippen LogP contribution in [0.3, 0.4) is 0 Å². The van der Waals surface area contributed by atoms with Crippen LogP contribution < -0.4 is 10.6 Å². The Bertz CT molecular complexity index is 449. The smallest absolute Gasteiger partial charge is 0.340 e. The zero-order valence-corrected chi connectivity index (χ0v) is 12.7. The van der Waals surface area contributed by atoms with Gasteiger partial charge in [0.15, 0.2) is 0 Å². The summed E-state index contributed by atoms with van der Waals surface area (Å²) in [6, 6.07) is 1.69. The Morgan fingerprint density at radius 3 is 2.65 bits per heavy atom. The fraction of sp³-hybridized carbons (Fsp3) is 0.571. The van der Waals surface area contributed by atoms with Crippen molar-refractivity contribution < 1.29 is 9.53 Å². The lowest BCUT2D eigenvalue weighted by molar-refractivity contribution is 0.0602. The van der Waals surface area contributed by atoms with Crippen molar-refractivity contribution in [1.29, 1.82) is 0 Å². The van der Waals surface area contributed by atoms with Crippen LogP contribution in [0.5, 0.6) is 0 Å². The molecule has 0 aromatic carbocycles. The van der Waals surface area contributed by atoms with Crippen molar-refractivity contribution >= 4 is 17.5 Å². The van der Waals surface area contributed by atoms with E-state index in [0.717, 1.165) is 31.9 Å². The maximum absolute atomic E-state index is 11.6. The summed E-state index contributed by atoms with van der Waals surface area (Å²) < 4.78 is 4.73. The summed E-state index contributed by atoms with van der Waals surface area (Å²) in [6.45, 7) is 4.78. The predicted octanol–water partition coefficient (Wildman–Crippen LogP) is 1.23. The number of anilines is 2. The highest BCUT2D eigenvalue weighted by molar-refractivity contribution is 5.95. The summed E-state index contributed by atoms with van der Waals surface area (Å²) in [4.78, 5) is 20.2. The third-order valence-electron chi connectivity index (χ3n) is 3.06. The molecule has 0 aliphatic heterocycles. The fourth-order valence-corrected chi connectivity index (χ4v) is 1.93. The van der Waals surface area contributed by atoms with Crippen LogP contribution in [-0.2, 0) is 4.74 Å². The zero-order valence-electron chi connectivity index (χ0n) is 12.7. The summed E-state index contributed by atoms with van der Waals surface area (Å²) >= 11 is 0. The molecule has 1 heterocycles. The van der Waals surface area contributed by atoms with Crippen molar-refractivity contribution in [2.24, 2.45) is 0 Å². The maximum Gasteiger partial charge on any atom is 0.340 e. The number of carbonyl (C=O) groups is 1. The second-order valence-corrected chi connectivity index (χ2v) is 4.86. The molecule has 20 heavy (non-hydrogen) atoms. The molecule has 0 amide bonds. The third-order valence-corrected chi connectivity index (χ3v) is 3.06. The molecular weight excluding hydrogens is 256 g/mol. The molecule has 0 unspecified atom stereocenters. The number of esters is 1. The van der Waals surface area contributed by atoms with Gasteiger partial charge in [0.2, 0.25) is 0 Å². The number of aromatic nitrogens is 1. The molecule has 0 bridgehead atoms. The molecule has 0 aliphatic rings. The summed E-state index contributed by atoms with van der Waals surface area (Å²) in [5.41, 5.74) is 6.46. The molecule has 2 N–H and O–H groups in total. The number of rotatable bonds is 7. The van der Waals surface area contributed by atoms with Crippen LogP contribution in [0.25, 0.3) is 0 Å². The Labute approximate surface area is 120 Å². The van der Waals surface area contributed by atoms with Crippen molar-refractivity contribution in [3.63, 3.8) is 0 Å².